The number of nitrogens with one attached hydrogen (secondary N) is 1. The summed E-state index contributed by atoms with van der Waals surface area (Å²) in [5, 5.41) is 13.2. The van der Waals surface area contributed by atoms with E-state index < -0.39 is 18.1 Å². The van der Waals surface area contributed by atoms with E-state index in [1.165, 1.54) is 0 Å². The van der Waals surface area contributed by atoms with Crippen LogP contribution in [0.5, 0.6) is 0 Å². The van der Waals surface area contributed by atoms with Gasteiger partial charge in [-0.05, 0) is 86.4 Å². The second-order valence-electron chi connectivity index (χ2n) is 11.8. The molecule has 0 saturated heterocycles. The van der Waals surface area contributed by atoms with Crippen LogP contribution in [-0.4, -0.2) is 30.8 Å². The van der Waals surface area contributed by atoms with E-state index in [0.29, 0.717) is 37.1 Å². The maximum Gasteiger partial charge on any atom is 0.401 e. The van der Waals surface area contributed by atoms with Crippen molar-refractivity contribution >= 4 is 11.6 Å². The maximum absolute atomic E-state index is 13.0. The first-order valence-electron chi connectivity index (χ1n) is 12.9. The molecule has 0 aromatic heterocycles. The van der Waals surface area contributed by atoms with E-state index >= 15 is 0 Å². The second kappa shape index (κ2) is 8.36. The Kier molecular flexibility index (Phi) is 5.91. The highest BCUT2D eigenvalue weighted by Gasteiger charge is 2.63. The smallest absolute Gasteiger partial charge is 0.308 e. The lowest BCUT2D eigenvalue weighted by Gasteiger charge is -2.63. The lowest BCUT2D eigenvalue weighted by Crippen LogP contribution is -2.60. The van der Waals surface area contributed by atoms with Gasteiger partial charge in [0.15, 0.2) is 0 Å². The first-order chi connectivity index (χ1) is 15.7. The van der Waals surface area contributed by atoms with Crippen molar-refractivity contribution in [2.75, 3.05) is 13.1 Å². The summed E-state index contributed by atoms with van der Waals surface area (Å²) < 4.78 is 38.5. The van der Waals surface area contributed by atoms with Crippen LogP contribution >= 0.6 is 0 Å². The largest absolute Gasteiger partial charge is 0.401 e. The summed E-state index contributed by atoms with van der Waals surface area (Å²) in [6.07, 6.45) is 5.74. The van der Waals surface area contributed by atoms with Crippen molar-refractivity contribution < 1.29 is 22.8 Å². The summed E-state index contributed by atoms with van der Waals surface area (Å²) in [6, 6.07) is 2.66. The van der Waals surface area contributed by atoms with E-state index in [9.17, 15) is 28.0 Å². The zero-order valence-corrected chi connectivity index (χ0v) is 19.3. The van der Waals surface area contributed by atoms with Gasteiger partial charge in [-0.3, -0.25) is 9.59 Å². The quantitative estimate of drug-likeness (QED) is 0.582. The Balaban J connectivity index is 1.39. The molecule has 7 heteroatoms. The van der Waals surface area contributed by atoms with Gasteiger partial charge in [0.05, 0.1) is 24.4 Å². The lowest BCUT2D eigenvalue weighted by atomic mass is 9.40. The van der Waals surface area contributed by atoms with Gasteiger partial charge >= 0.3 is 6.18 Å². The summed E-state index contributed by atoms with van der Waals surface area (Å²) in [4.78, 5) is 25.1. The molecule has 5 aliphatic carbocycles. The van der Waals surface area contributed by atoms with Gasteiger partial charge in [-0.2, -0.15) is 18.4 Å². The van der Waals surface area contributed by atoms with Crippen molar-refractivity contribution in [3.63, 3.8) is 0 Å². The Bertz CT molecular complexity index is 851. The van der Waals surface area contributed by atoms with E-state index in [4.69, 9.17) is 0 Å². The molecule has 0 amide bonds. The molecular formula is C26H35F3N2O2. The average Bonchev–Trinajstić information content (AvgIpc) is 2.76. The van der Waals surface area contributed by atoms with Gasteiger partial charge in [0.2, 0.25) is 0 Å². The Morgan fingerprint density at radius 3 is 2.48 bits per heavy atom. The summed E-state index contributed by atoms with van der Waals surface area (Å²) >= 11 is 0. The zero-order valence-electron chi connectivity index (χ0n) is 19.3. The van der Waals surface area contributed by atoms with Gasteiger partial charge in [-0.15, -0.1) is 0 Å². The molecule has 5 aliphatic rings. The molecule has 4 nitrogen and oxygen atoms in total. The molecule has 0 aliphatic heterocycles. The molecule has 0 bridgehead atoms. The van der Waals surface area contributed by atoms with Crippen molar-refractivity contribution in [3.8, 4) is 6.07 Å². The minimum Gasteiger partial charge on any atom is -0.308 e. The molecule has 5 fully saturated rings. The number of nitriles is 1. The molecule has 0 aromatic rings. The monoisotopic (exact) mass is 464 g/mol. The number of hydrogen-bond acceptors (Lipinski definition) is 4. The first-order valence-corrected chi connectivity index (χ1v) is 12.9. The molecule has 0 heterocycles. The number of fused-ring (bicyclic) bond motifs is 7. The molecule has 0 radical (unpaired) electrons. The van der Waals surface area contributed by atoms with Crippen LogP contribution in [0, 0.1) is 57.7 Å². The predicted molar refractivity (Wildman–Crippen MR) is 116 cm³/mol. The van der Waals surface area contributed by atoms with E-state index in [2.05, 4.69) is 11.4 Å². The summed E-state index contributed by atoms with van der Waals surface area (Å²) in [5.74, 6) is 1.14. The molecule has 8 unspecified atom stereocenters. The van der Waals surface area contributed by atoms with Crippen molar-refractivity contribution in [2.24, 2.45) is 46.3 Å². The van der Waals surface area contributed by atoms with E-state index in [-0.39, 0.29) is 41.2 Å². The third-order valence-corrected chi connectivity index (χ3v) is 10.4. The zero-order chi connectivity index (χ0) is 23.4. The van der Waals surface area contributed by atoms with Gasteiger partial charge < -0.3 is 5.32 Å². The average molecular weight is 465 g/mol. The number of Topliss-reactive ketones (excluding diaryl/α,β-unsaturated/α-hetero) is 2. The number of halogens is 3. The number of ketones is 2. The van der Waals surface area contributed by atoms with Gasteiger partial charge in [0.1, 0.15) is 11.6 Å². The number of carbonyl (C=O) groups excluding carboxylic acids is 2. The minimum absolute atomic E-state index is 0.0119. The van der Waals surface area contributed by atoms with E-state index in [1.807, 2.05) is 0 Å². The van der Waals surface area contributed by atoms with Gasteiger partial charge in [-0.1, -0.05) is 12.8 Å². The normalized spacial score (nSPS) is 45.3. The number of hydrogen-bond donors (Lipinski definition) is 1. The molecule has 5 rings (SSSR count). The summed E-state index contributed by atoms with van der Waals surface area (Å²) in [7, 11) is 0. The number of alkyl halides is 3. The summed E-state index contributed by atoms with van der Waals surface area (Å²) in [5.41, 5.74) is -0.716. The van der Waals surface area contributed by atoms with Crippen molar-refractivity contribution in [1.82, 2.24) is 5.32 Å². The second-order valence-corrected chi connectivity index (χ2v) is 11.8. The highest BCUT2D eigenvalue weighted by atomic mass is 19.4. The molecule has 5 saturated carbocycles. The van der Waals surface area contributed by atoms with Gasteiger partial charge in [-0.25, -0.2) is 0 Å². The highest BCUT2D eigenvalue weighted by molar-refractivity contribution is 6.03. The fourth-order valence-corrected chi connectivity index (χ4v) is 9.41. The highest BCUT2D eigenvalue weighted by Crippen LogP contribution is 2.66. The maximum atomic E-state index is 13.0. The third kappa shape index (κ3) is 3.85. The van der Waals surface area contributed by atoms with Crippen molar-refractivity contribution in [1.29, 1.82) is 5.26 Å². The predicted octanol–water partition coefficient (Wildman–Crippen LogP) is 5.22. The topological polar surface area (TPSA) is 70.0 Å². The Morgan fingerprint density at radius 1 is 0.970 bits per heavy atom. The standard InChI is InChI=1S/C26H35F3N2O2/c27-26(28,29)15-31-14-24-8-2-1-3-20(24)18-7-10-25(13-30)21(19(18)6-9-24)5-4-16-11-17(32)12-22(33)23(16)25/h16,18-21,23,31H,1-12,14-15H2. The fraction of sp³-hybridized carbons (Fsp3) is 0.885. The van der Waals surface area contributed by atoms with Crippen LogP contribution in [0.3, 0.4) is 0 Å². The van der Waals surface area contributed by atoms with Crippen LogP contribution in [0.1, 0.15) is 77.0 Å². The SMILES string of the molecule is N#CC12CCC3C(CCC4(CNCC(F)(F)F)CCCCC34)C1CCC1CC(=O)CC(=O)C12. The molecule has 8 atom stereocenters. The Morgan fingerprint density at radius 2 is 1.73 bits per heavy atom. The van der Waals surface area contributed by atoms with E-state index in [1.54, 1.807) is 0 Å². The Hall–Kier alpha value is -1.42. The van der Waals surface area contributed by atoms with Crippen molar-refractivity contribution in [2.45, 2.75) is 83.2 Å². The summed E-state index contributed by atoms with van der Waals surface area (Å²) in [6.45, 7) is -0.501. The first kappa shape index (κ1) is 23.3. The van der Waals surface area contributed by atoms with Crippen LogP contribution in [0.25, 0.3) is 0 Å². The number of rotatable bonds is 3. The van der Waals surface area contributed by atoms with Crippen molar-refractivity contribution in [3.05, 3.63) is 0 Å². The minimum atomic E-state index is -4.19. The molecule has 1 N–H and O–H groups in total. The third-order valence-electron chi connectivity index (χ3n) is 10.4. The molecule has 33 heavy (non-hydrogen) atoms. The molecular weight excluding hydrogens is 429 g/mol. The van der Waals surface area contributed by atoms with E-state index in [0.717, 1.165) is 57.8 Å². The van der Waals surface area contributed by atoms with Crippen LogP contribution in [0.2, 0.25) is 0 Å². The van der Waals surface area contributed by atoms with Gasteiger partial charge in [0.25, 0.3) is 0 Å². The number of nitrogens with zero attached hydrogens (tertiary/aromatic N) is 1. The van der Waals surface area contributed by atoms with Crippen LogP contribution in [0.15, 0.2) is 0 Å². The van der Waals surface area contributed by atoms with Crippen LogP contribution in [-0.2, 0) is 9.59 Å². The Labute approximate surface area is 194 Å². The van der Waals surface area contributed by atoms with Crippen LogP contribution in [0.4, 0.5) is 13.2 Å². The molecule has 0 spiro atoms. The van der Waals surface area contributed by atoms with Gasteiger partial charge in [0, 0.05) is 18.9 Å². The van der Waals surface area contributed by atoms with Crippen LogP contribution < -0.4 is 5.32 Å². The lowest BCUT2D eigenvalue weighted by molar-refractivity contribution is -0.159. The molecule has 182 valence electrons. The number of carbonyl (C=O) groups is 2. The molecule has 0 aromatic carbocycles. The fourth-order valence-electron chi connectivity index (χ4n) is 9.41.